The smallest absolute Gasteiger partial charge is 0.348 e. The van der Waals surface area contributed by atoms with E-state index in [2.05, 4.69) is 15.3 Å². The lowest BCUT2D eigenvalue weighted by molar-refractivity contribution is 0.0531. The molecule has 2 aromatic heterocycles. The molecular formula is C19H20FN3O3S. The number of anilines is 1. The number of hydrogen-bond donors (Lipinski definition) is 2. The molecule has 142 valence electrons. The van der Waals surface area contributed by atoms with Crippen molar-refractivity contribution in [1.82, 2.24) is 9.97 Å². The van der Waals surface area contributed by atoms with Crippen LogP contribution in [0.4, 0.5) is 10.1 Å². The normalized spacial score (nSPS) is 12.2. The molecule has 2 heterocycles. The number of nitrogens with zero attached hydrogens (tertiary/aromatic N) is 1. The Labute approximate surface area is 159 Å². The quantitative estimate of drug-likeness (QED) is 0.642. The molecule has 1 atom stereocenters. The zero-order chi connectivity index (χ0) is 19.7. The van der Waals surface area contributed by atoms with Crippen molar-refractivity contribution in [3.8, 4) is 0 Å². The fourth-order valence-electron chi connectivity index (χ4n) is 2.76. The van der Waals surface area contributed by atoms with Gasteiger partial charge in [0.2, 0.25) is 0 Å². The van der Waals surface area contributed by atoms with Crippen LogP contribution in [0.5, 0.6) is 0 Å². The van der Waals surface area contributed by atoms with Gasteiger partial charge in [0.25, 0.3) is 5.56 Å². The summed E-state index contributed by atoms with van der Waals surface area (Å²) in [5.74, 6) is -0.359. The molecule has 8 heteroatoms. The summed E-state index contributed by atoms with van der Waals surface area (Å²) in [5.41, 5.74) is 1.39. The number of benzene rings is 1. The number of ether oxygens (including phenoxy) is 1. The number of esters is 1. The largest absolute Gasteiger partial charge is 0.462 e. The van der Waals surface area contributed by atoms with E-state index in [0.717, 1.165) is 11.3 Å². The predicted octanol–water partition coefficient (Wildman–Crippen LogP) is 4.09. The molecule has 0 bridgehead atoms. The number of hydrogen-bond acceptors (Lipinski definition) is 6. The standard InChI is InChI=1S/C19H20FN3O3S/c1-5-26-19(25)15-10(3)14-17(24)22-16(23-18(14)27-15)11(4)21-12-7-6-9(2)13(20)8-12/h6-8,11,21H,5H2,1-4H3,(H,22,23,24)/t11-/m1/s1. The van der Waals surface area contributed by atoms with Crippen molar-refractivity contribution in [2.45, 2.75) is 33.7 Å². The van der Waals surface area contributed by atoms with Crippen molar-refractivity contribution >= 4 is 33.2 Å². The molecule has 0 amide bonds. The minimum absolute atomic E-state index is 0.260. The maximum Gasteiger partial charge on any atom is 0.348 e. The monoisotopic (exact) mass is 389 g/mol. The Kier molecular flexibility index (Phi) is 5.27. The highest BCUT2D eigenvalue weighted by atomic mass is 32.1. The third-order valence-electron chi connectivity index (χ3n) is 4.24. The molecule has 3 rings (SSSR count). The van der Waals surface area contributed by atoms with Crippen molar-refractivity contribution in [2.75, 3.05) is 11.9 Å². The zero-order valence-electron chi connectivity index (χ0n) is 15.5. The first-order valence-electron chi connectivity index (χ1n) is 8.55. The van der Waals surface area contributed by atoms with Gasteiger partial charge in [0.15, 0.2) is 0 Å². The second kappa shape index (κ2) is 7.48. The number of rotatable bonds is 5. The molecule has 0 fully saturated rings. The summed E-state index contributed by atoms with van der Waals surface area (Å²) >= 11 is 1.13. The molecule has 6 nitrogen and oxygen atoms in total. The third kappa shape index (κ3) is 3.71. The molecule has 3 aromatic rings. The van der Waals surface area contributed by atoms with Crippen molar-refractivity contribution in [3.05, 3.63) is 56.2 Å². The van der Waals surface area contributed by atoms with E-state index in [1.165, 1.54) is 6.07 Å². The Morgan fingerprint density at radius 2 is 2.15 bits per heavy atom. The summed E-state index contributed by atoms with van der Waals surface area (Å²) in [7, 11) is 0. The van der Waals surface area contributed by atoms with E-state index in [-0.39, 0.29) is 24.0 Å². The number of aromatic nitrogens is 2. The van der Waals surface area contributed by atoms with Gasteiger partial charge in [-0.15, -0.1) is 11.3 Å². The summed E-state index contributed by atoms with van der Waals surface area (Å²) in [6, 6.07) is 4.48. The number of thiophene rings is 1. The summed E-state index contributed by atoms with van der Waals surface area (Å²) in [6.07, 6.45) is 0. The van der Waals surface area contributed by atoms with Crippen LogP contribution in [-0.4, -0.2) is 22.5 Å². The van der Waals surface area contributed by atoms with Gasteiger partial charge in [-0.25, -0.2) is 14.2 Å². The van der Waals surface area contributed by atoms with Gasteiger partial charge in [-0.3, -0.25) is 4.79 Å². The number of H-pyrrole nitrogens is 1. The first-order valence-corrected chi connectivity index (χ1v) is 9.36. The van der Waals surface area contributed by atoms with Crippen molar-refractivity contribution < 1.29 is 13.9 Å². The minimum Gasteiger partial charge on any atom is -0.462 e. The maximum absolute atomic E-state index is 13.7. The van der Waals surface area contributed by atoms with Gasteiger partial charge in [0.05, 0.1) is 18.0 Å². The number of fused-ring (bicyclic) bond motifs is 1. The van der Waals surface area contributed by atoms with Crippen LogP contribution in [0.2, 0.25) is 0 Å². The van der Waals surface area contributed by atoms with Gasteiger partial charge in [-0.2, -0.15) is 0 Å². The van der Waals surface area contributed by atoms with Crippen molar-refractivity contribution in [3.63, 3.8) is 0 Å². The molecule has 0 spiro atoms. The van der Waals surface area contributed by atoms with Crippen LogP contribution in [0.25, 0.3) is 10.2 Å². The van der Waals surface area contributed by atoms with Crippen LogP contribution < -0.4 is 10.9 Å². The van der Waals surface area contributed by atoms with Crippen LogP contribution in [-0.2, 0) is 4.74 Å². The van der Waals surface area contributed by atoms with Gasteiger partial charge in [-0.05, 0) is 51.0 Å². The van der Waals surface area contributed by atoms with E-state index in [4.69, 9.17) is 4.74 Å². The minimum atomic E-state index is -0.458. The number of carbonyl (C=O) groups is 1. The summed E-state index contributed by atoms with van der Waals surface area (Å²) < 4.78 is 18.8. The van der Waals surface area contributed by atoms with Crippen LogP contribution in [0.15, 0.2) is 23.0 Å². The van der Waals surface area contributed by atoms with Crippen LogP contribution in [0, 0.1) is 19.7 Å². The Morgan fingerprint density at radius 3 is 2.81 bits per heavy atom. The topological polar surface area (TPSA) is 84.1 Å². The van der Waals surface area contributed by atoms with E-state index in [0.29, 0.717) is 37.7 Å². The van der Waals surface area contributed by atoms with E-state index >= 15 is 0 Å². The van der Waals surface area contributed by atoms with E-state index in [1.807, 2.05) is 6.92 Å². The second-order valence-corrected chi connectivity index (χ2v) is 7.24. The average molecular weight is 389 g/mol. The first kappa shape index (κ1) is 19.0. The Bertz CT molecular complexity index is 1070. The average Bonchev–Trinajstić information content (AvgIpc) is 2.95. The Hall–Kier alpha value is -2.74. The molecular weight excluding hydrogens is 369 g/mol. The molecule has 1 aromatic carbocycles. The van der Waals surface area contributed by atoms with Crippen LogP contribution in [0.1, 0.15) is 46.5 Å². The van der Waals surface area contributed by atoms with Gasteiger partial charge < -0.3 is 15.0 Å². The lowest BCUT2D eigenvalue weighted by Crippen LogP contribution is -2.17. The fraction of sp³-hybridized carbons (Fsp3) is 0.316. The highest BCUT2D eigenvalue weighted by Crippen LogP contribution is 2.28. The summed E-state index contributed by atoms with van der Waals surface area (Å²) in [4.78, 5) is 32.7. The molecule has 0 aliphatic carbocycles. The molecule has 0 aliphatic heterocycles. The highest BCUT2D eigenvalue weighted by molar-refractivity contribution is 7.20. The molecule has 27 heavy (non-hydrogen) atoms. The fourth-order valence-corrected chi connectivity index (χ4v) is 3.84. The van der Waals surface area contributed by atoms with Crippen molar-refractivity contribution in [1.29, 1.82) is 0 Å². The van der Waals surface area contributed by atoms with Gasteiger partial charge in [0, 0.05) is 5.69 Å². The molecule has 0 saturated heterocycles. The Morgan fingerprint density at radius 1 is 1.41 bits per heavy atom. The van der Waals surface area contributed by atoms with Gasteiger partial charge >= 0.3 is 5.97 Å². The first-order chi connectivity index (χ1) is 12.8. The third-order valence-corrected chi connectivity index (χ3v) is 5.41. The van der Waals surface area contributed by atoms with Crippen LogP contribution >= 0.6 is 11.3 Å². The second-order valence-electron chi connectivity index (χ2n) is 6.24. The molecule has 0 saturated carbocycles. The lowest BCUT2D eigenvalue weighted by Gasteiger charge is -2.15. The molecule has 0 radical (unpaired) electrons. The maximum atomic E-state index is 13.7. The molecule has 0 unspecified atom stereocenters. The van der Waals surface area contributed by atoms with E-state index < -0.39 is 5.97 Å². The molecule has 0 aliphatic rings. The number of aromatic amines is 1. The number of carbonyl (C=O) groups excluding carboxylic acids is 1. The predicted molar refractivity (Wildman–Crippen MR) is 104 cm³/mol. The van der Waals surface area contributed by atoms with E-state index in [1.54, 1.807) is 32.9 Å². The van der Waals surface area contributed by atoms with E-state index in [9.17, 15) is 14.0 Å². The SMILES string of the molecule is CCOC(=O)c1sc2nc([C@@H](C)Nc3ccc(C)c(F)c3)[nH]c(=O)c2c1C. The molecule has 2 N–H and O–H groups in total. The number of halogens is 1. The summed E-state index contributed by atoms with van der Waals surface area (Å²) in [5, 5.41) is 3.51. The number of nitrogens with one attached hydrogen (secondary N) is 2. The zero-order valence-corrected chi connectivity index (χ0v) is 16.3. The summed E-state index contributed by atoms with van der Waals surface area (Å²) in [6.45, 7) is 7.20. The lowest BCUT2D eigenvalue weighted by atomic mass is 10.2. The van der Waals surface area contributed by atoms with Gasteiger partial charge in [-0.1, -0.05) is 6.07 Å². The van der Waals surface area contributed by atoms with Crippen molar-refractivity contribution in [2.24, 2.45) is 0 Å². The van der Waals surface area contributed by atoms with Crippen LogP contribution in [0.3, 0.4) is 0 Å². The Balaban J connectivity index is 1.96. The number of aryl methyl sites for hydroxylation is 2. The highest BCUT2D eigenvalue weighted by Gasteiger charge is 2.21. The van der Waals surface area contributed by atoms with Gasteiger partial charge in [0.1, 0.15) is 21.3 Å².